The highest BCUT2D eigenvalue weighted by atomic mass is 16.3. The number of nitrogens with two attached hydrogens (primary N) is 1. The number of hydrogen-bond donors (Lipinski definition) is 2. The molecule has 4 heteroatoms. The minimum Gasteiger partial charge on any atom is -0.398 e. The average molecular weight is 271 g/mol. The number of rotatable bonds is 1. The fraction of sp³-hybridized carbons (Fsp3) is 0.438. The fourth-order valence-electron chi connectivity index (χ4n) is 2.94. The Bertz CT molecular complexity index is 624. The summed E-state index contributed by atoms with van der Waals surface area (Å²) in [4.78, 5) is 6.82. The smallest absolute Gasteiger partial charge is 0.0955 e. The molecule has 20 heavy (non-hydrogen) atoms. The lowest BCUT2D eigenvalue weighted by atomic mass is 9.98. The molecule has 1 aliphatic heterocycles. The third-order valence-electron chi connectivity index (χ3n) is 4.19. The number of pyridine rings is 1. The molecule has 0 bridgehead atoms. The Balaban J connectivity index is 2.00. The van der Waals surface area contributed by atoms with Gasteiger partial charge in [0.15, 0.2) is 0 Å². The van der Waals surface area contributed by atoms with Crippen LogP contribution in [0, 0.1) is 0 Å². The first kappa shape index (κ1) is 13.2. The first-order valence-electron chi connectivity index (χ1n) is 7.17. The van der Waals surface area contributed by atoms with Crippen LogP contribution in [-0.4, -0.2) is 28.8 Å². The number of benzene rings is 1. The van der Waals surface area contributed by atoms with Gasteiger partial charge >= 0.3 is 0 Å². The number of hydrogen-bond acceptors (Lipinski definition) is 4. The van der Waals surface area contributed by atoms with Gasteiger partial charge in [-0.3, -0.25) is 4.98 Å². The summed E-state index contributed by atoms with van der Waals surface area (Å²) in [6.45, 7) is 3.73. The van der Waals surface area contributed by atoms with Crippen molar-refractivity contribution in [3.63, 3.8) is 0 Å². The van der Waals surface area contributed by atoms with Crippen LogP contribution in [0.1, 0.15) is 26.2 Å². The Morgan fingerprint density at radius 3 is 2.95 bits per heavy atom. The molecule has 1 unspecified atom stereocenters. The molecule has 1 atom stereocenters. The van der Waals surface area contributed by atoms with Crippen LogP contribution in [0.4, 0.5) is 11.4 Å². The lowest BCUT2D eigenvalue weighted by molar-refractivity contribution is 0.0481. The van der Waals surface area contributed by atoms with Crippen molar-refractivity contribution in [1.82, 2.24) is 4.98 Å². The van der Waals surface area contributed by atoms with Crippen LogP contribution < -0.4 is 10.6 Å². The zero-order valence-corrected chi connectivity index (χ0v) is 11.8. The lowest BCUT2D eigenvalue weighted by Gasteiger charge is -2.25. The quantitative estimate of drug-likeness (QED) is 0.782. The van der Waals surface area contributed by atoms with Gasteiger partial charge < -0.3 is 15.7 Å². The molecule has 1 saturated heterocycles. The summed E-state index contributed by atoms with van der Waals surface area (Å²) in [6.07, 6.45) is 4.43. The van der Waals surface area contributed by atoms with Crippen LogP contribution >= 0.6 is 0 Å². The molecule has 3 N–H and O–H groups in total. The summed E-state index contributed by atoms with van der Waals surface area (Å²) in [5.41, 5.74) is 8.31. The molecule has 0 aliphatic carbocycles. The van der Waals surface area contributed by atoms with Gasteiger partial charge in [-0.05, 0) is 50.5 Å². The van der Waals surface area contributed by atoms with Crippen molar-refractivity contribution in [1.29, 1.82) is 0 Å². The van der Waals surface area contributed by atoms with Gasteiger partial charge in [0.05, 0.1) is 16.8 Å². The molecule has 106 valence electrons. The maximum atomic E-state index is 10.2. The molecule has 0 spiro atoms. The first-order valence-corrected chi connectivity index (χ1v) is 7.17. The zero-order chi connectivity index (χ0) is 14.2. The molecule has 1 aromatic carbocycles. The van der Waals surface area contributed by atoms with Crippen molar-refractivity contribution in [2.45, 2.75) is 31.8 Å². The molecule has 2 aromatic rings. The molecule has 1 aromatic heterocycles. The van der Waals surface area contributed by atoms with Crippen molar-refractivity contribution < 1.29 is 5.11 Å². The fourth-order valence-corrected chi connectivity index (χ4v) is 2.94. The van der Waals surface area contributed by atoms with Crippen LogP contribution in [0.5, 0.6) is 0 Å². The van der Waals surface area contributed by atoms with Crippen LogP contribution in [0.15, 0.2) is 30.5 Å². The maximum absolute atomic E-state index is 10.2. The number of anilines is 2. The second-order valence-electron chi connectivity index (χ2n) is 5.91. The van der Waals surface area contributed by atoms with Crippen molar-refractivity contribution >= 4 is 22.3 Å². The van der Waals surface area contributed by atoms with Gasteiger partial charge in [0.25, 0.3) is 0 Å². The summed E-state index contributed by atoms with van der Waals surface area (Å²) in [5, 5.41) is 11.2. The monoisotopic (exact) mass is 271 g/mol. The van der Waals surface area contributed by atoms with Gasteiger partial charge in [0.1, 0.15) is 0 Å². The molecule has 3 rings (SSSR count). The summed E-state index contributed by atoms with van der Waals surface area (Å²) in [5.74, 6) is 0. The molecule has 0 radical (unpaired) electrons. The second kappa shape index (κ2) is 4.94. The average Bonchev–Trinajstić information content (AvgIpc) is 2.61. The predicted molar refractivity (Wildman–Crippen MR) is 82.8 cm³/mol. The Kier molecular flexibility index (Phi) is 3.26. The topological polar surface area (TPSA) is 62.4 Å². The molecule has 0 saturated carbocycles. The van der Waals surface area contributed by atoms with Gasteiger partial charge in [0, 0.05) is 30.4 Å². The highest BCUT2D eigenvalue weighted by Gasteiger charge is 2.25. The van der Waals surface area contributed by atoms with Crippen molar-refractivity contribution in [2.75, 3.05) is 23.7 Å². The molecule has 4 nitrogen and oxygen atoms in total. The standard InChI is InChI=1S/C16H21N3O/c1-16(20)7-3-10-19(11-8-16)14-6-5-13(17)12-4-2-9-18-15(12)14/h2,4-6,9,20H,3,7-8,10-11,17H2,1H3. The molecular weight excluding hydrogens is 250 g/mol. The third-order valence-corrected chi connectivity index (χ3v) is 4.19. The maximum Gasteiger partial charge on any atom is 0.0955 e. The summed E-state index contributed by atoms with van der Waals surface area (Å²) < 4.78 is 0. The van der Waals surface area contributed by atoms with Gasteiger partial charge in [-0.1, -0.05) is 0 Å². The number of nitrogens with zero attached hydrogens (tertiary/aromatic N) is 2. The van der Waals surface area contributed by atoms with Gasteiger partial charge in [-0.2, -0.15) is 0 Å². The van der Waals surface area contributed by atoms with E-state index in [-0.39, 0.29) is 0 Å². The number of aromatic nitrogens is 1. The number of fused-ring (bicyclic) bond motifs is 1. The van der Waals surface area contributed by atoms with Gasteiger partial charge in [-0.15, -0.1) is 0 Å². The van der Waals surface area contributed by atoms with Gasteiger partial charge in [0.2, 0.25) is 0 Å². The van der Waals surface area contributed by atoms with Crippen LogP contribution in [0.25, 0.3) is 10.9 Å². The van der Waals surface area contributed by atoms with Gasteiger partial charge in [-0.25, -0.2) is 0 Å². The normalized spacial score (nSPS) is 23.8. The SMILES string of the molecule is CC1(O)CCCN(c2ccc(N)c3cccnc23)CC1. The van der Waals surface area contributed by atoms with E-state index >= 15 is 0 Å². The van der Waals surface area contributed by atoms with E-state index in [9.17, 15) is 5.11 Å². The van der Waals surface area contributed by atoms with E-state index < -0.39 is 5.60 Å². The molecule has 2 heterocycles. The Hall–Kier alpha value is -1.81. The van der Waals surface area contributed by atoms with E-state index in [4.69, 9.17) is 5.73 Å². The van der Waals surface area contributed by atoms with Crippen LogP contribution in [0.2, 0.25) is 0 Å². The summed E-state index contributed by atoms with van der Waals surface area (Å²) in [7, 11) is 0. The molecular formula is C16H21N3O. The Morgan fingerprint density at radius 1 is 1.25 bits per heavy atom. The zero-order valence-electron chi connectivity index (χ0n) is 11.8. The minimum absolute atomic E-state index is 0.550. The van der Waals surface area contributed by atoms with E-state index in [0.717, 1.165) is 54.6 Å². The van der Waals surface area contributed by atoms with E-state index in [1.165, 1.54) is 0 Å². The highest BCUT2D eigenvalue weighted by molar-refractivity contribution is 5.98. The van der Waals surface area contributed by atoms with Crippen molar-refractivity contribution in [3.05, 3.63) is 30.5 Å². The summed E-state index contributed by atoms with van der Waals surface area (Å²) in [6, 6.07) is 7.91. The molecule has 1 fully saturated rings. The van der Waals surface area contributed by atoms with Crippen LogP contribution in [0.3, 0.4) is 0 Å². The Labute approximate surface area is 119 Å². The van der Waals surface area contributed by atoms with E-state index in [0.29, 0.717) is 0 Å². The number of nitrogen functional groups attached to an aromatic ring is 1. The molecule has 1 aliphatic rings. The second-order valence-corrected chi connectivity index (χ2v) is 5.91. The highest BCUT2D eigenvalue weighted by Crippen LogP contribution is 2.32. The third kappa shape index (κ3) is 2.43. The Morgan fingerprint density at radius 2 is 2.10 bits per heavy atom. The lowest BCUT2D eigenvalue weighted by Crippen LogP contribution is -2.28. The van der Waals surface area contributed by atoms with E-state index in [1.54, 1.807) is 6.20 Å². The van der Waals surface area contributed by atoms with E-state index in [1.807, 2.05) is 31.2 Å². The minimum atomic E-state index is -0.550. The largest absolute Gasteiger partial charge is 0.398 e. The summed E-state index contributed by atoms with van der Waals surface area (Å²) >= 11 is 0. The van der Waals surface area contributed by atoms with Crippen molar-refractivity contribution in [2.24, 2.45) is 0 Å². The van der Waals surface area contributed by atoms with Crippen LogP contribution in [-0.2, 0) is 0 Å². The molecule has 0 amide bonds. The first-order chi connectivity index (χ1) is 9.57. The van der Waals surface area contributed by atoms with E-state index in [2.05, 4.69) is 9.88 Å². The van der Waals surface area contributed by atoms with Crippen molar-refractivity contribution in [3.8, 4) is 0 Å². The predicted octanol–water partition coefficient (Wildman–Crippen LogP) is 2.56. The number of aliphatic hydroxyl groups is 1.